The van der Waals surface area contributed by atoms with Gasteiger partial charge in [-0.1, -0.05) is 25.7 Å². The van der Waals surface area contributed by atoms with Gasteiger partial charge >= 0.3 is 0 Å². The van der Waals surface area contributed by atoms with E-state index < -0.39 is 0 Å². The van der Waals surface area contributed by atoms with Crippen LogP contribution in [0.3, 0.4) is 0 Å². The molecule has 4 nitrogen and oxygen atoms in total. The van der Waals surface area contributed by atoms with Gasteiger partial charge < -0.3 is 10.6 Å². The maximum Gasteiger partial charge on any atom is 0.270 e. The van der Waals surface area contributed by atoms with Gasteiger partial charge in [0, 0.05) is 24.0 Å². The van der Waals surface area contributed by atoms with Gasteiger partial charge in [0.15, 0.2) is 0 Å². The summed E-state index contributed by atoms with van der Waals surface area (Å²) in [5.74, 6) is -0.0352. The molecule has 0 unspecified atom stereocenters. The number of anilines is 1. The average molecular weight is 273 g/mol. The number of hydrogen-bond acceptors (Lipinski definition) is 3. The summed E-state index contributed by atoms with van der Waals surface area (Å²) in [5.41, 5.74) is 1.54. The highest BCUT2D eigenvalue weighted by molar-refractivity contribution is 5.93. The van der Waals surface area contributed by atoms with Gasteiger partial charge in [-0.05, 0) is 37.8 Å². The van der Waals surface area contributed by atoms with Crippen LogP contribution >= 0.6 is 0 Å². The molecule has 2 aliphatic carbocycles. The van der Waals surface area contributed by atoms with Crippen LogP contribution in [-0.2, 0) is 0 Å². The molecule has 0 radical (unpaired) electrons. The molecule has 0 aliphatic heterocycles. The van der Waals surface area contributed by atoms with E-state index in [1.807, 2.05) is 12.1 Å². The largest absolute Gasteiger partial charge is 0.382 e. The van der Waals surface area contributed by atoms with Crippen LogP contribution in [0.5, 0.6) is 0 Å². The lowest BCUT2D eigenvalue weighted by molar-refractivity contribution is 0.0933. The van der Waals surface area contributed by atoms with E-state index in [-0.39, 0.29) is 5.91 Å². The van der Waals surface area contributed by atoms with Crippen molar-refractivity contribution in [2.24, 2.45) is 0 Å². The molecule has 108 valence electrons. The lowest BCUT2D eigenvalue weighted by Crippen LogP contribution is -2.33. The highest BCUT2D eigenvalue weighted by Gasteiger charge is 2.19. The lowest BCUT2D eigenvalue weighted by Gasteiger charge is -2.15. The Morgan fingerprint density at radius 3 is 2.40 bits per heavy atom. The van der Waals surface area contributed by atoms with Crippen LogP contribution in [0.4, 0.5) is 5.69 Å². The van der Waals surface area contributed by atoms with Crippen LogP contribution in [-0.4, -0.2) is 23.0 Å². The predicted octanol–water partition coefficient (Wildman–Crippen LogP) is 3.11. The quantitative estimate of drug-likeness (QED) is 0.886. The molecule has 1 aromatic heterocycles. The second-order valence-corrected chi connectivity index (χ2v) is 6.01. The molecule has 1 aromatic rings. The molecular weight excluding hydrogens is 250 g/mol. The van der Waals surface area contributed by atoms with E-state index in [1.165, 1.54) is 38.5 Å². The molecule has 2 saturated carbocycles. The Bertz CT molecular complexity index is 463. The van der Waals surface area contributed by atoms with Crippen LogP contribution in [0, 0.1) is 0 Å². The van der Waals surface area contributed by atoms with Crippen LogP contribution in [0.25, 0.3) is 0 Å². The van der Waals surface area contributed by atoms with Crippen molar-refractivity contribution in [2.75, 3.05) is 5.32 Å². The zero-order valence-electron chi connectivity index (χ0n) is 11.9. The second kappa shape index (κ2) is 6.25. The van der Waals surface area contributed by atoms with E-state index in [0.717, 1.165) is 18.5 Å². The Morgan fingerprint density at radius 1 is 1.05 bits per heavy atom. The number of aromatic nitrogens is 1. The van der Waals surface area contributed by atoms with Gasteiger partial charge in [-0.2, -0.15) is 0 Å². The molecule has 1 heterocycles. The normalized spacial score (nSPS) is 20.2. The molecule has 0 atom stereocenters. The van der Waals surface area contributed by atoms with Crippen molar-refractivity contribution in [1.29, 1.82) is 0 Å². The van der Waals surface area contributed by atoms with Crippen molar-refractivity contribution in [3.63, 3.8) is 0 Å². The summed E-state index contributed by atoms with van der Waals surface area (Å²) in [6.45, 7) is 0. The smallest absolute Gasteiger partial charge is 0.270 e. The molecule has 0 bridgehead atoms. The first kappa shape index (κ1) is 13.4. The van der Waals surface area contributed by atoms with Gasteiger partial charge in [0.05, 0.1) is 0 Å². The number of amides is 1. The van der Waals surface area contributed by atoms with Crippen molar-refractivity contribution in [3.05, 3.63) is 24.0 Å². The summed E-state index contributed by atoms with van der Waals surface area (Å²) >= 11 is 0. The standard InChI is InChI=1S/C16H23N3O/c20-16(19-13-7-3-4-8-13)15-11-14(9-10-17-15)18-12-5-1-2-6-12/h9-13H,1-8H2,(H,17,18)(H,19,20). The molecule has 0 spiro atoms. The maximum absolute atomic E-state index is 12.2. The van der Waals surface area contributed by atoms with Gasteiger partial charge in [-0.3, -0.25) is 9.78 Å². The van der Waals surface area contributed by atoms with Gasteiger partial charge in [0.2, 0.25) is 0 Å². The zero-order chi connectivity index (χ0) is 13.8. The minimum absolute atomic E-state index is 0.0352. The number of pyridine rings is 1. The number of nitrogens with zero attached hydrogens (tertiary/aromatic N) is 1. The molecule has 0 saturated heterocycles. The van der Waals surface area contributed by atoms with E-state index in [9.17, 15) is 4.79 Å². The first-order valence-corrected chi connectivity index (χ1v) is 7.85. The lowest BCUT2D eigenvalue weighted by atomic mass is 10.2. The van der Waals surface area contributed by atoms with E-state index in [1.54, 1.807) is 6.20 Å². The second-order valence-electron chi connectivity index (χ2n) is 6.01. The number of hydrogen-bond donors (Lipinski definition) is 2. The number of carbonyl (C=O) groups is 1. The Hall–Kier alpha value is -1.58. The van der Waals surface area contributed by atoms with E-state index in [4.69, 9.17) is 0 Å². The van der Waals surface area contributed by atoms with Crippen LogP contribution in [0.2, 0.25) is 0 Å². The molecule has 2 N–H and O–H groups in total. The average Bonchev–Trinajstić information content (AvgIpc) is 3.12. The van der Waals surface area contributed by atoms with Gasteiger partial charge in [0.1, 0.15) is 5.69 Å². The Kier molecular flexibility index (Phi) is 4.19. The van der Waals surface area contributed by atoms with Crippen molar-refractivity contribution in [2.45, 2.75) is 63.5 Å². The summed E-state index contributed by atoms with van der Waals surface area (Å²) in [7, 11) is 0. The molecule has 3 rings (SSSR count). The first-order chi connectivity index (χ1) is 9.81. The fraction of sp³-hybridized carbons (Fsp3) is 0.625. The predicted molar refractivity (Wildman–Crippen MR) is 79.8 cm³/mol. The molecule has 0 aromatic carbocycles. The van der Waals surface area contributed by atoms with Gasteiger partial charge in [-0.25, -0.2) is 0 Å². The minimum atomic E-state index is -0.0352. The third kappa shape index (κ3) is 3.30. The molecule has 2 aliphatic rings. The fourth-order valence-electron chi connectivity index (χ4n) is 3.28. The highest BCUT2D eigenvalue weighted by atomic mass is 16.1. The van der Waals surface area contributed by atoms with Crippen molar-refractivity contribution < 1.29 is 4.79 Å². The molecule has 2 fully saturated rings. The fourth-order valence-corrected chi connectivity index (χ4v) is 3.28. The van der Waals surface area contributed by atoms with E-state index in [2.05, 4.69) is 15.6 Å². The summed E-state index contributed by atoms with van der Waals surface area (Å²) in [4.78, 5) is 16.4. The first-order valence-electron chi connectivity index (χ1n) is 7.85. The Balaban J connectivity index is 1.61. The molecule has 1 amide bonds. The van der Waals surface area contributed by atoms with Crippen molar-refractivity contribution in [1.82, 2.24) is 10.3 Å². The maximum atomic E-state index is 12.2. The molecule has 4 heteroatoms. The SMILES string of the molecule is O=C(NC1CCCC1)c1cc(NC2CCCC2)ccn1. The number of rotatable bonds is 4. The van der Waals surface area contributed by atoms with E-state index >= 15 is 0 Å². The zero-order valence-corrected chi connectivity index (χ0v) is 11.9. The summed E-state index contributed by atoms with van der Waals surface area (Å²) in [6.07, 6.45) is 11.4. The Labute approximate surface area is 120 Å². The van der Waals surface area contributed by atoms with Crippen LogP contribution in [0.15, 0.2) is 18.3 Å². The summed E-state index contributed by atoms with van der Waals surface area (Å²) < 4.78 is 0. The monoisotopic (exact) mass is 273 g/mol. The minimum Gasteiger partial charge on any atom is -0.382 e. The van der Waals surface area contributed by atoms with Gasteiger partial charge in [0.25, 0.3) is 5.91 Å². The van der Waals surface area contributed by atoms with Crippen LogP contribution < -0.4 is 10.6 Å². The topological polar surface area (TPSA) is 54.0 Å². The third-order valence-corrected chi connectivity index (χ3v) is 4.41. The van der Waals surface area contributed by atoms with Crippen LogP contribution in [0.1, 0.15) is 61.9 Å². The number of nitrogens with one attached hydrogen (secondary N) is 2. The Morgan fingerprint density at radius 2 is 1.70 bits per heavy atom. The van der Waals surface area contributed by atoms with Gasteiger partial charge in [-0.15, -0.1) is 0 Å². The highest BCUT2D eigenvalue weighted by Crippen LogP contribution is 2.22. The van der Waals surface area contributed by atoms with Crippen molar-refractivity contribution in [3.8, 4) is 0 Å². The summed E-state index contributed by atoms with van der Waals surface area (Å²) in [5, 5.41) is 6.60. The summed E-state index contributed by atoms with van der Waals surface area (Å²) in [6, 6.07) is 4.73. The molecule has 20 heavy (non-hydrogen) atoms. The third-order valence-electron chi connectivity index (χ3n) is 4.41. The van der Waals surface area contributed by atoms with Crippen molar-refractivity contribution >= 4 is 11.6 Å². The van der Waals surface area contributed by atoms with E-state index in [0.29, 0.717) is 17.8 Å². The number of carbonyl (C=O) groups excluding carboxylic acids is 1. The molecular formula is C16H23N3O.